The van der Waals surface area contributed by atoms with E-state index >= 15 is 0 Å². The lowest BCUT2D eigenvalue weighted by Crippen LogP contribution is -2.27. The van der Waals surface area contributed by atoms with Gasteiger partial charge >= 0.3 is 0 Å². The number of amides is 1. The van der Waals surface area contributed by atoms with Gasteiger partial charge in [0.25, 0.3) is 5.91 Å². The molecule has 0 fully saturated rings. The van der Waals surface area contributed by atoms with E-state index in [1.807, 2.05) is 0 Å². The molecule has 1 rings (SSSR count). The van der Waals surface area contributed by atoms with Gasteiger partial charge in [-0.15, -0.1) is 6.58 Å². The molecule has 0 saturated heterocycles. The standard InChI is InChI=1S/C12H15NO4/c1-2-6-17-7-5-13-12(16)9-3-4-10(14)11(15)8-9/h2-4,8,14-15H,1,5-7H2,(H,13,16). The minimum Gasteiger partial charge on any atom is -0.504 e. The molecule has 92 valence electrons. The number of benzene rings is 1. The molecule has 0 aromatic heterocycles. The molecule has 5 nitrogen and oxygen atoms in total. The second-order valence-electron chi connectivity index (χ2n) is 3.32. The van der Waals surface area contributed by atoms with Gasteiger partial charge in [-0.1, -0.05) is 6.08 Å². The molecule has 0 aliphatic heterocycles. The Kier molecular flexibility index (Phi) is 5.03. The number of nitrogens with one attached hydrogen (secondary N) is 1. The topological polar surface area (TPSA) is 78.8 Å². The number of carbonyl (C=O) groups is 1. The Bertz CT molecular complexity index is 403. The van der Waals surface area contributed by atoms with Crippen LogP contribution in [0.1, 0.15) is 10.4 Å². The molecule has 0 heterocycles. The molecule has 0 atom stereocenters. The first-order chi connectivity index (χ1) is 8.15. The molecule has 0 bridgehead atoms. The van der Waals surface area contributed by atoms with Gasteiger partial charge < -0.3 is 20.3 Å². The number of hydrogen-bond donors (Lipinski definition) is 3. The number of carbonyl (C=O) groups excluding carboxylic acids is 1. The first kappa shape index (κ1) is 13.1. The summed E-state index contributed by atoms with van der Waals surface area (Å²) in [7, 11) is 0. The molecular formula is C12H15NO4. The van der Waals surface area contributed by atoms with Crippen molar-refractivity contribution in [3.05, 3.63) is 36.4 Å². The number of aromatic hydroxyl groups is 2. The fourth-order valence-electron chi connectivity index (χ4n) is 1.17. The summed E-state index contributed by atoms with van der Waals surface area (Å²) in [5.41, 5.74) is 0.282. The van der Waals surface area contributed by atoms with E-state index in [-0.39, 0.29) is 23.0 Å². The predicted octanol–water partition coefficient (Wildman–Crippen LogP) is 1.03. The van der Waals surface area contributed by atoms with Crippen LogP contribution in [0.2, 0.25) is 0 Å². The summed E-state index contributed by atoms with van der Waals surface area (Å²) in [5.74, 6) is -0.904. The van der Waals surface area contributed by atoms with Crippen LogP contribution in [0.25, 0.3) is 0 Å². The van der Waals surface area contributed by atoms with Crippen molar-refractivity contribution in [1.29, 1.82) is 0 Å². The van der Waals surface area contributed by atoms with Crippen LogP contribution in [0.5, 0.6) is 11.5 Å². The van der Waals surface area contributed by atoms with Gasteiger partial charge in [-0.2, -0.15) is 0 Å². The zero-order chi connectivity index (χ0) is 12.7. The monoisotopic (exact) mass is 237 g/mol. The summed E-state index contributed by atoms with van der Waals surface area (Å²) in [6.07, 6.45) is 1.62. The minimum absolute atomic E-state index is 0.254. The van der Waals surface area contributed by atoms with Crippen molar-refractivity contribution in [3.8, 4) is 11.5 Å². The maximum absolute atomic E-state index is 11.6. The van der Waals surface area contributed by atoms with Gasteiger partial charge in [0, 0.05) is 12.1 Å². The molecular weight excluding hydrogens is 222 g/mol. The molecule has 1 aromatic rings. The molecule has 1 aromatic carbocycles. The highest BCUT2D eigenvalue weighted by atomic mass is 16.5. The smallest absolute Gasteiger partial charge is 0.251 e. The van der Waals surface area contributed by atoms with Crippen LogP contribution in [0.4, 0.5) is 0 Å². The third kappa shape index (κ3) is 4.16. The number of phenolic OH excluding ortho intramolecular Hbond substituents is 2. The number of phenols is 2. The van der Waals surface area contributed by atoms with Gasteiger partial charge in [0.1, 0.15) is 0 Å². The van der Waals surface area contributed by atoms with E-state index in [2.05, 4.69) is 11.9 Å². The van der Waals surface area contributed by atoms with Crippen LogP contribution >= 0.6 is 0 Å². The van der Waals surface area contributed by atoms with Crippen LogP contribution in [-0.4, -0.2) is 35.9 Å². The van der Waals surface area contributed by atoms with Gasteiger partial charge in [0.2, 0.25) is 0 Å². The highest BCUT2D eigenvalue weighted by molar-refractivity contribution is 5.94. The lowest BCUT2D eigenvalue weighted by Gasteiger charge is -2.06. The average Bonchev–Trinajstić information content (AvgIpc) is 2.32. The molecule has 17 heavy (non-hydrogen) atoms. The zero-order valence-corrected chi connectivity index (χ0v) is 9.35. The van der Waals surface area contributed by atoms with Gasteiger partial charge in [-0.25, -0.2) is 0 Å². The Labute approximate surface area is 99.3 Å². The zero-order valence-electron chi connectivity index (χ0n) is 9.35. The summed E-state index contributed by atoms with van der Waals surface area (Å²) < 4.78 is 5.09. The lowest BCUT2D eigenvalue weighted by atomic mass is 10.2. The largest absolute Gasteiger partial charge is 0.504 e. The summed E-state index contributed by atoms with van der Waals surface area (Å²) >= 11 is 0. The lowest BCUT2D eigenvalue weighted by molar-refractivity contribution is 0.0928. The highest BCUT2D eigenvalue weighted by Gasteiger charge is 2.07. The van der Waals surface area contributed by atoms with Crippen LogP contribution in [0.15, 0.2) is 30.9 Å². The van der Waals surface area contributed by atoms with Gasteiger partial charge in [-0.05, 0) is 18.2 Å². The first-order valence-electron chi connectivity index (χ1n) is 5.14. The SMILES string of the molecule is C=CCOCCNC(=O)c1ccc(O)c(O)c1. The van der Waals surface area contributed by atoms with Gasteiger partial charge in [0.05, 0.1) is 13.2 Å². The summed E-state index contributed by atoms with van der Waals surface area (Å²) in [6.45, 7) is 4.70. The van der Waals surface area contributed by atoms with E-state index in [4.69, 9.17) is 9.84 Å². The molecule has 1 amide bonds. The van der Waals surface area contributed by atoms with Crippen molar-refractivity contribution >= 4 is 5.91 Å². The number of ether oxygens (including phenoxy) is 1. The van der Waals surface area contributed by atoms with Crippen molar-refractivity contribution in [2.24, 2.45) is 0 Å². The Morgan fingerprint density at radius 3 is 2.82 bits per heavy atom. The average molecular weight is 237 g/mol. The van der Waals surface area contributed by atoms with Crippen molar-refractivity contribution in [1.82, 2.24) is 5.32 Å². The van der Waals surface area contributed by atoms with Crippen LogP contribution in [0.3, 0.4) is 0 Å². The minimum atomic E-state index is -0.331. The molecule has 5 heteroatoms. The van der Waals surface area contributed by atoms with Crippen molar-refractivity contribution < 1.29 is 19.7 Å². The second-order valence-corrected chi connectivity index (χ2v) is 3.32. The van der Waals surface area contributed by atoms with Crippen LogP contribution < -0.4 is 5.32 Å². The molecule has 0 unspecified atom stereocenters. The maximum atomic E-state index is 11.6. The van der Waals surface area contributed by atoms with Crippen molar-refractivity contribution in [3.63, 3.8) is 0 Å². The molecule has 0 spiro atoms. The quantitative estimate of drug-likeness (QED) is 0.392. The van der Waals surface area contributed by atoms with Crippen molar-refractivity contribution in [2.45, 2.75) is 0 Å². The molecule has 3 N–H and O–H groups in total. The Morgan fingerprint density at radius 2 is 2.18 bits per heavy atom. The second kappa shape index (κ2) is 6.55. The number of rotatable bonds is 6. The molecule has 0 aliphatic rings. The summed E-state index contributed by atoms with van der Waals surface area (Å²) in [6, 6.07) is 3.89. The first-order valence-corrected chi connectivity index (χ1v) is 5.14. The Balaban J connectivity index is 2.41. The molecule has 0 radical (unpaired) electrons. The van der Waals surface area contributed by atoms with E-state index < -0.39 is 0 Å². The van der Waals surface area contributed by atoms with Gasteiger partial charge in [0.15, 0.2) is 11.5 Å². The van der Waals surface area contributed by atoms with E-state index in [0.717, 1.165) is 0 Å². The van der Waals surface area contributed by atoms with Crippen LogP contribution in [-0.2, 0) is 4.74 Å². The summed E-state index contributed by atoms with van der Waals surface area (Å²) in [4.78, 5) is 11.6. The third-order valence-electron chi connectivity index (χ3n) is 2.01. The maximum Gasteiger partial charge on any atom is 0.251 e. The number of hydrogen-bond acceptors (Lipinski definition) is 4. The Morgan fingerprint density at radius 1 is 1.41 bits per heavy atom. The van der Waals surface area contributed by atoms with E-state index in [1.54, 1.807) is 6.08 Å². The Hall–Kier alpha value is -2.01. The van der Waals surface area contributed by atoms with Crippen LogP contribution in [0, 0.1) is 0 Å². The fourth-order valence-corrected chi connectivity index (χ4v) is 1.17. The molecule has 0 saturated carbocycles. The molecule has 0 aliphatic carbocycles. The highest BCUT2D eigenvalue weighted by Crippen LogP contribution is 2.24. The normalized spacial score (nSPS) is 9.88. The van der Waals surface area contributed by atoms with Gasteiger partial charge in [-0.3, -0.25) is 4.79 Å². The fraction of sp³-hybridized carbons (Fsp3) is 0.250. The van der Waals surface area contributed by atoms with E-state index in [9.17, 15) is 9.90 Å². The summed E-state index contributed by atoms with van der Waals surface area (Å²) in [5, 5.41) is 20.9. The van der Waals surface area contributed by atoms with E-state index in [1.165, 1.54) is 18.2 Å². The third-order valence-corrected chi connectivity index (χ3v) is 2.01. The van der Waals surface area contributed by atoms with Crippen molar-refractivity contribution in [2.75, 3.05) is 19.8 Å². The van der Waals surface area contributed by atoms with E-state index in [0.29, 0.717) is 19.8 Å². The predicted molar refractivity (Wildman–Crippen MR) is 63.1 cm³/mol.